The molecule has 6 heteroatoms. The van der Waals surface area contributed by atoms with Crippen LogP contribution in [0, 0.1) is 6.92 Å². The van der Waals surface area contributed by atoms with Gasteiger partial charge in [-0.05, 0) is 6.92 Å². The van der Waals surface area contributed by atoms with Crippen molar-refractivity contribution < 1.29 is 8.42 Å². The summed E-state index contributed by atoms with van der Waals surface area (Å²) in [6, 6.07) is 0. The lowest BCUT2D eigenvalue weighted by Crippen LogP contribution is -2.14. The minimum absolute atomic E-state index is 0.115. The fraction of sp³-hybridized carbons (Fsp3) is 0.625. The van der Waals surface area contributed by atoms with Gasteiger partial charge in [-0.15, -0.1) is 0 Å². The summed E-state index contributed by atoms with van der Waals surface area (Å²) >= 11 is 0. The van der Waals surface area contributed by atoms with Gasteiger partial charge in [0.25, 0.3) is 0 Å². The van der Waals surface area contributed by atoms with E-state index < -0.39 is 9.84 Å². The Morgan fingerprint density at radius 1 is 1.57 bits per heavy atom. The third-order valence-electron chi connectivity index (χ3n) is 2.06. The van der Waals surface area contributed by atoms with Gasteiger partial charge in [-0.1, -0.05) is 6.92 Å². The Morgan fingerprint density at radius 3 is 2.64 bits per heavy atom. The molecule has 0 spiro atoms. The van der Waals surface area contributed by atoms with E-state index in [0.717, 1.165) is 5.69 Å². The van der Waals surface area contributed by atoms with Crippen LogP contribution in [0.15, 0.2) is 6.20 Å². The summed E-state index contributed by atoms with van der Waals surface area (Å²) in [6.45, 7) is 3.80. The lowest BCUT2D eigenvalue weighted by atomic mass is 10.4. The average Bonchev–Trinajstić information content (AvgIpc) is 2.44. The van der Waals surface area contributed by atoms with E-state index in [1.54, 1.807) is 24.7 Å². The smallest absolute Gasteiger partial charge is 0.151 e. The van der Waals surface area contributed by atoms with Gasteiger partial charge >= 0.3 is 0 Å². The second-order valence-corrected chi connectivity index (χ2v) is 5.64. The summed E-state index contributed by atoms with van der Waals surface area (Å²) in [7, 11) is -2.92. The highest BCUT2D eigenvalue weighted by atomic mass is 32.2. The molecule has 14 heavy (non-hydrogen) atoms. The van der Waals surface area contributed by atoms with Gasteiger partial charge in [0.2, 0.25) is 0 Å². The first-order valence-electron chi connectivity index (χ1n) is 4.44. The van der Waals surface area contributed by atoms with Gasteiger partial charge in [-0.3, -0.25) is 4.68 Å². The van der Waals surface area contributed by atoms with Crippen molar-refractivity contribution in [2.24, 2.45) is 0 Å². The van der Waals surface area contributed by atoms with Crippen molar-refractivity contribution in [3.8, 4) is 0 Å². The van der Waals surface area contributed by atoms with Crippen molar-refractivity contribution >= 4 is 15.5 Å². The van der Waals surface area contributed by atoms with Gasteiger partial charge < -0.3 is 5.73 Å². The Morgan fingerprint density at radius 2 is 2.21 bits per heavy atom. The molecule has 1 aromatic heterocycles. The summed E-state index contributed by atoms with van der Waals surface area (Å²) in [5.74, 6) is 0.285. The van der Waals surface area contributed by atoms with Gasteiger partial charge in [0, 0.05) is 11.9 Å². The van der Waals surface area contributed by atoms with Gasteiger partial charge in [0.1, 0.15) is 0 Å². The first-order valence-corrected chi connectivity index (χ1v) is 6.26. The number of nitrogens with zero attached hydrogens (tertiary/aromatic N) is 2. The maximum atomic E-state index is 11.2. The Balaban J connectivity index is 2.63. The average molecular weight is 217 g/mol. The Bertz CT molecular complexity index is 389. The molecule has 0 fully saturated rings. The minimum atomic E-state index is -2.92. The summed E-state index contributed by atoms with van der Waals surface area (Å²) in [4.78, 5) is 0. The molecule has 5 nitrogen and oxygen atoms in total. The van der Waals surface area contributed by atoms with Crippen molar-refractivity contribution in [3.05, 3.63) is 11.9 Å². The normalized spacial score (nSPS) is 11.9. The number of nitrogens with two attached hydrogens (primary N) is 1. The van der Waals surface area contributed by atoms with Crippen LogP contribution in [-0.4, -0.2) is 29.7 Å². The van der Waals surface area contributed by atoms with Crippen LogP contribution in [-0.2, 0) is 16.4 Å². The maximum Gasteiger partial charge on any atom is 0.151 e. The van der Waals surface area contributed by atoms with Crippen molar-refractivity contribution in [1.29, 1.82) is 0 Å². The number of hydrogen-bond donors (Lipinski definition) is 1. The Kier molecular flexibility index (Phi) is 3.15. The standard InChI is InChI=1S/C8H15N3O2S/c1-3-14(12,13)5-4-11-6-8(9)7(2)10-11/h6H,3-5,9H2,1-2H3. The molecule has 1 aromatic rings. The number of sulfone groups is 1. The number of rotatable bonds is 4. The molecule has 0 radical (unpaired) electrons. The van der Waals surface area contributed by atoms with E-state index in [1.807, 2.05) is 0 Å². The van der Waals surface area contributed by atoms with Crippen LogP contribution in [0.5, 0.6) is 0 Å². The highest BCUT2D eigenvalue weighted by Gasteiger charge is 2.08. The first-order chi connectivity index (χ1) is 6.44. The predicted molar refractivity (Wildman–Crippen MR) is 55.7 cm³/mol. The highest BCUT2D eigenvalue weighted by Crippen LogP contribution is 2.06. The lowest BCUT2D eigenvalue weighted by Gasteiger charge is -2.00. The summed E-state index contributed by atoms with van der Waals surface area (Å²) in [6.07, 6.45) is 1.65. The zero-order valence-corrected chi connectivity index (χ0v) is 9.21. The van der Waals surface area contributed by atoms with E-state index in [1.165, 1.54) is 0 Å². The number of nitrogen functional groups attached to an aromatic ring is 1. The first kappa shape index (κ1) is 11.0. The number of hydrogen-bond acceptors (Lipinski definition) is 4. The van der Waals surface area contributed by atoms with E-state index in [9.17, 15) is 8.42 Å². The highest BCUT2D eigenvalue weighted by molar-refractivity contribution is 7.91. The molecular formula is C8H15N3O2S. The molecular weight excluding hydrogens is 202 g/mol. The van der Waals surface area contributed by atoms with Crippen molar-refractivity contribution in [2.45, 2.75) is 20.4 Å². The van der Waals surface area contributed by atoms with Gasteiger partial charge in [-0.2, -0.15) is 5.10 Å². The maximum absolute atomic E-state index is 11.2. The van der Waals surface area contributed by atoms with E-state index in [0.29, 0.717) is 12.2 Å². The molecule has 0 amide bonds. The Labute approximate surface area is 83.8 Å². The second kappa shape index (κ2) is 4.00. The summed E-state index contributed by atoms with van der Waals surface area (Å²) in [5.41, 5.74) is 6.91. The molecule has 0 atom stereocenters. The third-order valence-corrected chi connectivity index (χ3v) is 3.74. The zero-order valence-electron chi connectivity index (χ0n) is 8.40. The minimum Gasteiger partial charge on any atom is -0.396 e. The molecule has 0 aliphatic heterocycles. The van der Waals surface area contributed by atoms with Crippen LogP contribution in [0.1, 0.15) is 12.6 Å². The lowest BCUT2D eigenvalue weighted by molar-refractivity contribution is 0.581. The SMILES string of the molecule is CCS(=O)(=O)CCn1cc(N)c(C)n1. The summed E-state index contributed by atoms with van der Waals surface area (Å²) < 4.78 is 24.0. The molecule has 1 rings (SSSR count). The fourth-order valence-corrected chi connectivity index (χ4v) is 1.78. The van der Waals surface area contributed by atoms with E-state index in [-0.39, 0.29) is 11.5 Å². The molecule has 0 bridgehead atoms. The predicted octanol–water partition coefficient (Wildman–Crippen LogP) is 0.208. The van der Waals surface area contributed by atoms with E-state index >= 15 is 0 Å². The van der Waals surface area contributed by atoms with Crippen LogP contribution >= 0.6 is 0 Å². The molecule has 0 aliphatic rings. The zero-order chi connectivity index (χ0) is 10.8. The van der Waals surface area contributed by atoms with Crippen LogP contribution in [0.4, 0.5) is 5.69 Å². The van der Waals surface area contributed by atoms with Crippen LogP contribution in [0.2, 0.25) is 0 Å². The van der Waals surface area contributed by atoms with Gasteiger partial charge in [0.15, 0.2) is 9.84 Å². The van der Waals surface area contributed by atoms with Gasteiger partial charge in [0.05, 0.1) is 23.7 Å². The Hall–Kier alpha value is -1.04. The van der Waals surface area contributed by atoms with E-state index in [4.69, 9.17) is 5.73 Å². The number of anilines is 1. The fourth-order valence-electron chi connectivity index (χ4n) is 1.02. The van der Waals surface area contributed by atoms with Crippen molar-refractivity contribution in [1.82, 2.24) is 9.78 Å². The van der Waals surface area contributed by atoms with E-state index in [2.05, 4.69) is 5.10 Å². The van der Waals surface area contributed by atoms with Crippen molar-refractivity contribution in [2.75, 3.05) is 17.2 Å². The molecule has 0 unspecified atom stereocenters. The molecule has 0 aliphatic carbocycles. The molecule has 1 heterocycles. The van der Waals surface area contributed by atoms with Crippen LogP contribution in [0.25, 0.3) is 0 Å². The van der Waals surface area contributed by atoms with Gasteiger partial charge in [-0.25, -0.2) is 8.42 Å². The molecule has 0 aromatic carbocycles. The van der Waals surface area contributed by atoms with Crippen molar-refractivity contribution in [3.63, 3.8) is 0 Å². The monoisotopic (exact) mass is 217 g/mol. The quantitative estimate of drug-likeness (QED) is 0.782. The largest absolute Gasteiger partial charge is 0.396 e. The number of aromatic nitrogens is 2. The number of aryl methyl sites for hydroxylation is 2. The second-order valence-electron chi connectivity index (χ2n) is 3.17. The summed E-state index contributed by atoms with van der Waals surface area (Å²) in [5, 5.41) is 4.07. The topological polar surface area (TPSA) is 78.0 Å². The van der Waals surface area contributed by atoms with Crippen LogP contribution < -0.4 is 5.73 Å². The van der Waals surface area contributed by atoms with Crippen LogP contribution in [0.3, 0.4) is 0 Å². The molecule has 0 saturated carbocycles. The molecule has 0 saturated heterocycles. The molecule has 2 N–H and O–H groups in total. The third kappa shape index (κ3) is 2.73. The molecule has 80 valence electrons.